The maximum Gasteiger partial charge on any atom is 0.231 e. The molecule has 1 N–H and O–H groups in total. The van der Waals surface area contributed by atoms with Crippen LogP contribution in [0.2, 0.25) is 0 Å². The lowest BCUT2D eigenvalue weighted by Gasteiger charge is -2.18. The first kappa shape index (κ1) is 19.7. The van der Waals surface area contributed by atoms with Crippen molar-refractivity contribution in [3.8, 4) is 11.3 Å². The molecule has 1 heterocycles. The highest BCUT2D eigenvalue weighted by atomic mass is 16.5. The number of benzene rings is 1. The minimum atomic E-state index is -0.179. The van der Waals surface area contributed by atoms with E-state index >= 15 is 0 Å². The number of aromatic nitrogens is 1. The maximum atomic E-state index is 12.0. The Morgan fingerprint density at radius 3 is 2.38 bits per heavy atom. The van der Waals surface area contributed by atoms with Gasteiger partial charge in [0.05, 0.1) is 0 Å². The molecule has 2 rings (SSSR count). The number of hydrogen-bond acceptors (Lipinski definition) is 4. The predicted molar refractivity (Wildman–Crippen MR) is 102 cm³/mol. The second-order valence-corrected chi connectivity index (χ2v) is 6.09. The van der Waals surface area contributed by atoms with Gasteiger partial charge in [0.25, 0.3) is 0 Å². The Labute approximate surface area is 154 Å². The van der Waals surface area contributed by atoms with Crippen molar-refractivity contribution >= 4 is 17.7 Å². The van der Waals surface area contributed by atoms with Gasteiger partial charge in [0.2, 0.25) is 17.7 Å². The van der Waals surface area contributed by atoms with Crippen LogP contribution in [-0.2, 0) is 16.0 Å². The molecule has 2 amide bonds. The van der Waals surface area contributed by atoms with Crippen LogP contribution in [0.25, 0.3) is 11.3 Å². The number of amides is 2. The molecule has 0 aliphatic carbocycles. The van der Waals surface area contributed by atoms with E-state index in [-0.39, 0.29) is 18.2 Å². The van der Waals surface area contributed by atoms with Gasteiger partial charge in [0.15, 0.2) is 0 Å². The van der Waals surface area contributed by atoms with Gasteiger partial charge in [-0.1, -0.05) is 36.3 Å². The Hall–Kier alpha value is -2.63. The molecule has 0 saturated heterocycles. The second kappa shape index (κ2) is 9.75. The van der Waals surface area contributed by atoms with Crippen LogP contribution < -0.4 is 5.32 Å². The van der Waals surface area contributed by atoms with E-state index in [0.717, 1.165) is 12.0 Å². The zero-order chi connectivity index (χ0) is 18.9. The molecule has 6 heteroatoms. The largest absolute Gasteiger partial charge is 0.343 e. The number of carbonyl (C=O) groups is 2. The molecule has 1 aromatic carbocycles. The maximum absolute atomic E-state index is 12.0. The Balaban J connectivity index is 1.82. The Kier molecular flexibility index (Phi) is 7.38. The van der Waals surface area contributed by atoms with E-state index in [1.54, 1.807) is 11.0 Å². The van der Waals surface area contributed by atoms with Crippen molar-refractivity contribution in [3.05, 3.63) is 35.9 Å². The molecule has 140 valence electrons. The van der Waals surface area contributed by atoms with Crippen molar-refractivity contribution in [2.75, 3.05) is 18.4 Å². The Bertz CT molecular complexity index is 718. The molecule has 0 fully saturated rings. The zero-order valence-corrected chi connectivity index (χ0v) is 15.7. The molecule has 0 aliphatic rings. The van der Waals surface area contributed by atoms with Crippen LogP contribution in [0.1, 0.15) is 45.6 Å². The van der Waals surface area contributed by atoms with E-state index in [0.29, 0.717) is 37.5 Å². The topological polar surface area (TPSA) is 75.4 Å². The van der Waals surface area contributed by atoms with Crippen LogP contribution in [-0.4, -0.2) is 35.0 Å². The summed E-state index contributed by atoms with van der Waals surface area (Å²) in [6, 6.07) is 9.78. The molecule has 0 radical (unpaired) electrons. The Morgan fingerprint density at radius 2 is 1.77 bits per heavy atom. The third-order valence-electron chi connectivity index (χ3n) is 4.34. The van der Waals surface area contributed by atoms with Crippen molar-refractivity contribution in [1.29, 1.82) is 0 Å². The van der Waals surface area contributed by atoms with Gasteiger partial charge in [-0.2, -0.15) is 0 Å². The van der Waals surface area contributed by atoms with E-state index in [4.69, 9.17) is 4.52 Å². The fourth-order valence-electron chi connectivity index (χ4n) is 2.72. The average molecular weight is 357 g/mol. The molecule has 0 unspecified atom stereocenters. The van der Waals surface area contributed by atoms with Crippen LogP contribution in [0, 0.1) is 0 Å². The monoisotopic (exact) mass is 357 g/mol. The summed E-state index contributed by atoms with van der Waals surface area (Å²) in [4.78, 5) is 25.7. The summed E-state index contributed by atoms with van der Waals surface area (Å²) >= 11 is 0. The first-order valence-electron chi connectivity index (χ1n) is 9.21. The van der Waals surface area contributed by atoms with Crippen molar-refractivity contribution in [2.24, 2.45) is 0 Å². The SMILES string of the molecule is CCc1ccc(-c2cc(NC(=O)CCCC(=O)N(CC)CC)on2)cc1. The molecule has 0 atom stereocenters. The average Bonchev–Trinajstić information content (AvgIpc) is 3.11. The van der Waals surface area contributed by atoms with E-state index < -0.39 is 0 Å². The first-order valence-corrected chi connectivity index (χ1v) is 9.21. The van der Waals surface area contributed by atoms with Gasteiger partial charge in [-0.3, -0.25) is 14.9 Å². The number of nitrogens with one attached hydrogen (secondary N) is 1. The van der Waals surface area contributed by atoms with Gasteiger partial charge in [0.1, 0.15) is 5.69 Å². The molecule has 0 aliphatic heterocycles. The molecule has 6 nitrogen and oxygen atoms in total. The van der Waals surface area contributed by atoms with Gasteiger partial charge >= 0.3 is 0 Å². The molecule has 2 aromatic rings. The smallest absolute Gasteiger partial charge is 0.231 e. The molecule has 0 saturated carbocycles. The molecular formula is C20H27N3O3. The van der Waals surface area contributed by atoms with Gasteiger partial charge in [-0.15, -0.1) is 0 Å². The van der Waals surface area contributed by atoms with Gasteiger partial charge in [0, 0.05) is 37.6 Å². The fourth-order valence-corrected chi connectivity index (χ4v) is 2.72. The van der Waals surface area contributed by atoms with E-state index in [2.05, 4.69) is 29.5 Å². The summed E-state index contributed by atoms with van der Waals surface area (Å²) < 4.78 is 5.19. The summed E-state index contributed by atoms with van der Waals surface area (Å²) in [5, 5.41) is 6.69. The highest BCUT2D eigenvalue weighted by molar-refractivity contribution is 5.90. The highest BCUT2D eigenvalue weighted by Gasteiger charge is 2.12. The quantitative estimate of drug-likeness (QED) is 0.739. The lowest BCUT2D eigenvalue weighted by Crippen LogP contribution is -2.30. The molecule has 0 bridgehead atoms. The summed E-state index contributed by atoms with van der Waals surface area (Å²) in [6.07, 6.45) is 2.15. The third kappa shape index (κ3) is 5.44. The summed E-state index contributed by atoms with van der Waals surface area (Å²) in [5.41, 5.74) is 2.88. The van der Waals surface area contributed by atoms with Gasteiger partial charge in [-0.05, 0) is 32.3 Å². The van der Waals surface area contributed by atoms with Gasteiger partial charge < -0.3 is 9.42 Å². The van der Waals surface area contributed by atoms with Crippen LogP contribution in [0.3, 0.4) is 0 Å². The normalized spacial score (nSPS) is 10.6. The molecular weight excluding hydrogens is 330 g/mol. The van der Waals surface area contributed by atoms with Crippen molar-refractivity contribution in [3.63, 3.8) is 0 Å². The van der Waals surface area contributed by atoms with Crippen LogP contribution in [0.15, 0.2) is 34.9 Å². The lowest BCUT2D eigenvalue weighted by atomic mass is 10.1. The minimum Gasteiger partial charge on any atom is -0.343 e. The number of anilines is 1. The molecule has 0 spiro atoms. The zero-order valence-electron chi connectivity index (χ0n) is 15.7. The second-order valence-electron chi connectivity index (χ2n) is 6.09. The highest BCUT2D eigenvalue weighted by Crippen LogP contribution is 2.22. The van der Waals surface area contributed by atoms with Crippen LogP contribution >= 0.6 is 0 Å². The predicted octanol–water partition coefficient (Wildman–Crippen LogP) is 3.88. The first-order chi connectivity index (χ1) is 12.6. The fraction of sp³-hybridized carbons (Fsp3) is 0.450. The summed E-state index contributed by atoms with van der Waals surface area (Å²) in [6.45, 7) is 7.40. The van der Waals surface area contributed by atoms with Gasteiger partial charge in [-0.25, -0.2) is 0 Å². The minimum absolute atomic E-state index is 0.0836. The van der Waals surface area contributed by atoms with Crippen molar-refractivity contribution < 1.29 is 14.1 Å². The molecule has 26 heavy (non-hydrogen) atoms. The standard InChI is InChI=1S/C20H27N3O3/c1-4-15-10-12-16(13-11-15)17-14-19(26-22-17)21-18(24)8-7-9-20(25)23(5-2)6-3/h10-14H,4-9H2,1-3H3,(H,21,24). The van der Waals surface area contributed by atoms with Crippen LogP contribution in [0.5, 0.6) is 0 Å². The van der Waals surface area contributed by atoms with E-state index in [9.17, 15) is 9.59 Å². The third-order valence-corrected chi connectivity index (χ3v) is 4.34. The number of hydrogen-bond donors (Lipinski definition) is 1. The Morgan fingerprint density at radius 1 is 1.08 bits per heavy atom. The van der Waals surface area contributed by atoms with Crippen molar-refractivity contribution in [2.45, 2.75) is 46.5 Å². The van der Waals surface area contributed by atoms with Crippen LogP contribution in [0.4, 0.5) is 5.88 Å². The molecule has 1 aromatic heterocycles. The number of rotatable bonds is 9. The van der Waals surface area contributed by atoms with E-state index in [1.807, 2.05) is 26.0 Å². The number of aryl methyl sites for hydroxylation is 1. The number of nitrogens with zero attached hydrogens (tertiary/aromatic N) is 2. The lowest BCUT2D eigenvalue weighted by molar-refractivity contribution is -0.130. The van der Waals surface area contributed by atoms with Crippen molar-refractivity contribution in [1.82, 2.24) is 10.1 Å². The van der Waals surface area contributed by atoms with E-state index in [1.165, 1.54) is 5.56 Å². The summed E-state index contributed by atoms with van der Waals surface area (Å²) in [7, 11) is 0. The summed E-state index contributed by atoms with van der Waals surface area (Å²) in [5.74, 6) is 0.223. The number of carbonyl (C=O) groups excluding carboxylic acids is 2.